The van der Waals surface area contributed by atoms with Gasteiger partial charge in [-0.3, -0.25) is 9.36 Å². The molecule has 0 saturated carbocycles. The van der Waals surface area contributed by atoms with Crippen molar-refractivity contribution in [2.75, 3.05) is 6.61 Å². The molecule has 0 amide bonds. The number of hydrogen-bond acceptors (Lipinski definition) is 9. The number of H-pyrrole nitrogens is 1. The van der Waals surface area contributed by atoms with Crippen LogP contribution in [0.15, 0.2) is 53.0 Å². The molecule has 0 fully saturated rings. The topological polar surface area (TPSA) is 133 Å². The summed E-state index contributed by atoms with van der Waals surface area (Å²) < 4.78 is 8.24. The molecule has 0 radical (unpaired) electrons. The van der Waals surface area contributed by atoms with Gasteiger partial charge in [0.2, 0.25) is 0 Å². The summed E-state index contributed by atoms with van der Waals surface area (Å²) in [5.41, 5.74) is 3.25. The van der Waals surface area contributed by atoms with Gasteiger partial charge in [-0.1, -0.05) is 11.6 Å². The number of carbonyl (C=O) groups excluding carboxylic acids is 1. The molecule has 186 valence electrons. The van der Waals surface area contributed by atoms with Gasteiger partial charge >= 0.3 is 5.97 Å². The number of fused-ring (bicyclic) bond motifs is 1. The van der Waals surface area contributed by atoms with Gasteiger partial charge in [-0.25, -0.2) is 14.8 Å². The zero-order valence-electron chi connectivity index (χ0n) is 19.5. The zero-order valence-corrected chi connectivity index (χ0v) is 21.0. The first kappa shape index (κ1) is 23.3. The molecular formula is C24H19ClN8O3S. The summed E-state index contributed by atoms with van der Waals surface area (Å²) in [4.78, 5) is 38.5. The Morgan fingerprint density at radius 1 is 1.30 bits per heavy atom. The second-order valence-corrected chi connectivity index (χ2v) is 9.69. The van der Waals surface area contributed by atoms with E-state index in [-0.39, 0.29) is 17.6 Å². The van der Waals surface area contributed by atoms with Crippen LogP contribution in [0.2, 0.25) is 5.02 Å². The molecular weight excluding hydrogens is 516 g/mol. The Morgan fingerprint density at radius 3 is 3.00 bits per heavy atom. The van der Waals surface area contributed by atoms with Crippen molar-refractivity contribution in [2.24, 2.45) is 0 Å². The van der Waals surface area contributed by atoms with Crippen LogP contribution in [-0.4, -0.2) is 52.3 Å². The van der Waals surface area contributed by atoms with Crippen LogP contribution < -0.4 is 5.56 Å². The van der Waals surface area contributed by atoms with Crippen molar-refractivity contribution in [1.82, 2.24) is 39.7 Å². The Morgan fingerprint density at radius 2 is 2.19 bits per heavy atom. The molecule has 0 bridgehead atoms. The van der Waals surface area contributed by atoms with Crippen LogP contribution in [0.3, 0.4) is 0 Å². The van der Waals surface area contributed by atoms with E-state index in [4.69, 9.17) is 21.3 Å². The first-order valence-electron chi connectivity index (χ1n) is 11.5. The molecule has 1 aromatic carbocycles. The van der Waals surface area contributed by atoms with Gasteiger partial charge in [0.15, 0.2) is 0 Å². The van der Waals surface area contributed by atoms with Crippen molar-refractivity contribution in [3.63, 3.8) is 0 Å². The predicted molar refractivity (Wildman–Crippen MR) is 136 cm³/mol. The largest absolute Gasteiger partial charge is 0.462 e. The van der Waals surface area contributed by atoms with Crippen molar-refractivity contribution in [2.45, 2.75) is 25.8 Å². The molecule has 5 aromatic rings. The predicted octanol–water partition coefficient (Wildman–Crippen LogP) is 3.70. The number of ether oxygens (including phenoxy) is 1. The van der Waals surface area contributed by atoms with Crippen molar-refractivity contribution in [3.05, 3.63) is 80.1 Å². The molecule has 5 heterocycles. The van der Waals surface area contributed by atoms with E-state index in [0.29, 0.717) is 57.9 Å². The number of thiophene rings is 1. The van der Waals surface area contributed by atoms with E-state index < -0.39 is 0 Å². The standard InChI is InChI=1S/C24H19ClN8O3S/c1-2-36-24(35)20-7-13(11-37-20)17-10-26-23(29-17)18-5-6-21-28-16(9-22(34)33(18)21)15-4-3-14(25)8-19(15)32-12-27-30-31-32/h3-4,7-12,18H,2,5-6H2,1H3,(H,26,29)/t18-/m0/s1. The highest BCUT2D eigenvalue weighted by atomic mass is 35.5. The van der Waals surface area contributed by atoms with E-state index in [0.717, 1.165) is 11.3 Å². The van der Waals surface area contributed by atoms with Gasteiger partial charge in [-0.05, 0) is 48.0 Å². The fraction of sp³-hybridized carbons (Fsp3) is 0.208. The number of rotatable bonds is 6. The van der Waals surface area contributed by atoms with Crippen molar-refractivity contribution in [3.8, 4) is 28.2 Å². The lowest BCUT2D eigenvalue weighted by Gasteiger charge is -2.14. The summed E-state index contributed by atoms with van der Waals surface area (Å²) in [6, 6.07) is 8.27. The number of halogens is 1. The monoisotopic (exact) mass is 534 g/mol. The van der Waals surface area contributed by atoms with Crippen LogP contribution in [0.5, 0.6) is 0 Å². The van der Waals surface area contributed by atoms with Crippen LogP contribution in [0.25, 0.3) is 28.2 Å². The van der Waals surface area contributed by atoms with E-state index in [1.165, 1.54) is 28.4 Å². The molecule has 1 aliphatic heterocycles. The molecule has 0 aliphatic carbocycles. The van der Waals surface area contributed by atoms with Crippen LogP contribution in [0.4, 0.5) is 0 Å². The quantitative estimate of drug-likeness (QED) is 0.326. The molecule has 1 aliphatic rings. The van der Waals surface area contributed by atoms with Crippen LogP contribution in [0, 0.1) is 0 Å². The Balaban J connectivity index is 1.32. The number of nitrogens with zero attached hydrogens (tertiary/aromatic N) is 7. The minimum Gasteiger partial charge on any atom is -0.462 e. The van der Waals surface area contributed by atoms with E-state index in [2.05, 4.69) is 25.5 Å². The third-order valence-corrected chi connectivity index (χ3v) is 7.25. The third-order valence-electron chi connectivity index (χ3n) is 6.11. The van der Waals surface area contributed by atoms with Gasteiger partial charge < -0.3 is 9.72 Å². The Bertz CT molecular complexity index is 1670. The van der Waals surface area contributed by atoms with E-state index in [1.807, 2.05) is 5.38 Å². The number of aromatic amines is 1. The Hall–Kier alpha value is -4.16. The van der Waals surface area contributed by atoms with Gasteiger partial charge in [-0.2, -0.15) is 4.68 Å². The number of hydrogen-bond donors (Lipinski definition) is 1. The second kappa shape index (κ2) is 9.37. The van der Waals surface area contributed by atoms with Crippen molar-refractivity contribution >= 4 is 28.9 Å². The molecule has 37 heavy (non-hydrogen) atoms. The number of carbonyl (C=O) groups is 1. The number of nitrogens with one attached hydrogen (secondary N) is 1. The Kier molecular flexibility index (Phi) is 5.89. The van der Waals surface area contributed by atoms with Crippen LogP contribution in [-0.2, 0) is 11.2 Å². The average molecular weight is 535 g/mol. The van der Waals surface area contributed by atoms with E-state index in [1.54, 1.807) is 42.0 Å². The molecule has 11 nitrogen and oxygen atoms in total. The average Bonchev–Trinajstić information content (AvgIpc) is 3.69. The summed E-state index contributed by atoms with van der Waals surface area (Å²) in [5, 5.41) is 13.7. The fourth-order valence-electron chi connectivity index (χ4n) is 4.46. The highest BCUT2D eigenvalue weighted by Crippen LogP contribution is 2.33. The maximum atomic E-state index is 13.3. The minimum atomic E-state index is -0.347. The normalized spacial score (nSPS) is 14.6. The summed E-state index contributed by atoms with van der Waals surface area (Å²) in [5.74, 6) is 0.985. The Labute approximate surface area is 218 Å². The molecule has 0 unspecified atom stereocenters. The highest BCUT2D eigenvalue weighted by molar-refractivity contribution is 7.12. The number of esters is 1. The number of tetrazole rings is 1. The molecule has 4 aromatic heterocycles. The van der Waals surface area contributed by atoms with E-state index in [9.17, 15) is 9.59 Å². The van der Waals surface area contributed by atoms with Crippen molar-refractivity contribution < 1.29 is 9.53 Å². The number of aryl methyl sites for hydroxylation is 1. The van der Waals surface area contributed by atoms with Gasteiger partial charge in [0.05, 0.1) is 35.9 Å². The summed E-state index contributed by atoms with van der Waals surface area (Å²) in [6.07, 6.45) is 4.46. The SMILES string of the molecule is CCOC(=O)c1cc(-c2cnc([C@@H]3CCc4nc(-c5ccc(Cl)cc5-n5cnnn5)cc(=O)n43)[nH]2)cs1. The lowest BCUT2D eigenvalue weighted by molar-refractivity contribution is 0.0532. The van der Waals surface area contributed by atoms with Gasteiger partial charge in [-0.15, -0.1) is 16.4 Å². The maximum absolute atomic E-state index is 13.3. The molecule has 1 N–H and O–H groups in total. The second-order valence-electron chi connectivity index (χ2n) is 8.34. The first-order valence-corrected chi connectivity index (χ1v) is 12.7. The minimum absolute atomic E-state index is 0.182. The summed E-state index contributed by atoms with van der Waals surface area (Å²) in [6.45, 7) is 2.10. The molecule has 0 saturated heterocycles. The van der Waals surface area contributed by atoms with Crippen LogP contribution >= 0.6 is 22.9 Å². The number of imidazole rings is 1. The lowest BCUT2D eigenvalue weighted by Crippen LogP contribution is -2.25. The van der Waals surface area contributed by atoms with Gasteiger partial charge in [0, 0.05) is 34.0 Å². The highest BCUT2D eigenvalue weighted by Gasteiger charge is 2.29. The van der Waals surface area contributed by atoms with Crippen molar-refractivity contribution in [1.29, 1.82) is 0 Å². The summed E-state index contributed by atoms with van der Waals surface area (Å²) in [7, 11) is 0. The van der Waals surface area contributed by atoms with Gasteiger partial charge in [0.1, 0.15) is 22.9 Å². The smallest absolute Gasteiger partial charge is 0.348 e. The van der Waals surface area contributed by atoms with Gasteiger partial charge in [0.25, 0.3) is 5.56 Å². The lowest BCUT2D eigenvalue weighted by atomic mass is 10.1. The third kappa shape index (κ3) is 4.23. The first-order chi connectivity index (χ1) is 18.0. The van der Waals surface area contributed by atoms with E-state index >= 15 is 0 Å². The fourth-order valence-corrected chi connectivity index (χ4v) is 5.43. The molecule has 13 heteroatoms. The van der Waals surface area contributed by atoms with Crippen LogP contribution in [0.1, 0.15) is 40.7 Å². The summed E-state index contributed by atoms with van der Waals surface area (Å²) >= 11 is 7.53. The maximum Gasteiger partial charge on any atom is 0.348 e. The molecule has 1 atom stereocenters. The number of aromatic nitrogens is 8. The molecule has 0 spiro atoms. The zero-order chi connectivity index (χ0) is 25.5. The number of benzene rings is 1. The molecule has 6 rings (SSSR count).